The van der Waals surface area contributed by atoms with Crippen LogP contribution in [0.5, 0.6) is 28.7 Å². The summed E-state index contributed by atoms with van der Waals surface area (Å²) in [6.45, 7) is -0.524. The van der Waals surface area contributed by atoms with Crippen LogP contribution >= 0.6 is 0 Å². The highest BCUT2D eigenvalue weighted by atomic mass is 16.7. The van der Waals surface area contributed by atoms with Gasteiger partial charge < -0.3 is 54.4 Å². The first-order valence-corrected chi connectivity index (χ1v) is 12.8. The van der Waals surface area contributed by atoms with Crippen molar-refractivity contribution in [3.63, 3.8) is 0 Å². The van der Waals surface area contributed by atoms with Gasteiger partial charge in [-0.25, -0.2) is 4.79 Å². The van der Waals surface area contributed by atoms with E-state index in [1.54, 1.807) is 12.1 Å². The molecular formula is C30H26O13. The first-order valence-electron chi connectivity index (χ1n) is 12.8. The Morgan fingerprint density at radius 2 is 1.58 bits per heavy atom. The molecule has 0 saturated carbocycles. The number of carbonyl (C=O) groups excluding carboxylic acids is 1. The van der Waals surface area contributed by atoms with Gasteiger partial charge in [0.15, 0.2) is 16.9 Å². The zero-order valence-electron chi connectivity index (χ0n) is 22.1. The van der Waals surface area contributed by atoms with Gasteiger partial charge in [0.25, 0.3) is 0 Å². The minimum Gasteiger partial charge on any atom is -0.508 e. The molecule has 0 spiro atoms. The van der Waals surface area contributed by atoms with E-state index in [0.29, 0.717) is 5.56 Å². The van der Waals surface area contributed by atoms with E-state index >= 15 is 0 Å². The zero-order chi connectivity index (χ0) is 30.8. The predicted octanol–water partition coefficient (Wildman–Crippen LogP) is 1.73. The summed E-state index contributed by atoms with van der Waals surface area (Å²) >= 11 is 0. The molecule has 0 bridgehead atoms. The monoisotopic (exact) mass is 594 g/mol. The molecule has 13 heteroatoms. The van der Waals surface area contributed by atoms with Crippen molar-refractivity contribution in [1.82, 2.24) is 0 Å². The van der Waals surface area contributed by atoms with Crippen molar-refractivity contribution in [2.24, 2.45) is 0 Å². The lowest BCUT2D eigenvalue weighted by molar-refractivity contribution is -0.278. The zero-order valence-corrected chi connectivity index (χ0v) is 22.1. The smallest absolute Gasteiger partial charge is 0.330 e. The van der Waals surface area contributed by atoms with Gasteiger partial charge in [-0.3, -0.25) is 4.79 Å². The average Bonchev–Trinajstić information content (AvgIpc) is 2.97. The topological polar surface area (TPSA) is 217 Å². The Kier molecular flexibility index (Phi) is 8.23. The van der Waals surface area contributed by atoms with Crippen LogP contribution in [0.1, 0.15) is 5.56 Å². The van der Waals surface area contributed by atoms with Crippen LogP contribution in [0, 0.1) is 0 Å². The molecule has 1 aliphatic rings. The van der Waals surface area contributed by atoms with Gasteiger partial charge in [-0.15, -0.1) is 0 Å². The van der Waals surface area contributed by atoms with E-state index in [1.165, 1.54) is 42.5 Å². The van der Waals surface area contributed by atoms with E-state index in [4.69, 9.17) is 18.6 Å². The molecule has 5 rings (SSSR count). The number of rotatable bonds is 7. The Labute approximate surface area is 242 Å². The maximum absolute atomic E-state index is 12.7. The number of aliphatic hydroxyl groups is 3. The molecule has 0 amide bonds. The van der Waals surface area contributed by atoms with Crippen LogP contribution in [0.4, 0.5) is 0 Å². The van der Waals surface area contributed by atoms with Gasteiger partial charge in [-0.05, 0) is 42.0 Å². The summed E-state index contributed by atoms with van der Waals surface area (Å²) in [5.74, 6) is -2.25. The number of phenolic OH excluding ortho intramolecular Hbond substituents is 4. The number of esters is 1. The molecule has 1 aromatic heterocycles. The second-order valence-electron chi connectivity index (χ2n) is 9.68. The van der Waals surface area contributed by atoms with Crippen molar-refractivity contribution in [3.8, 4) is 40.1 Å². The van der Waals surface area contributed by atoms with Gasteiger partial charge in [-0.2, -0.15) is 0 Å². The molecule has 7 N–H and O–H groups in total. The average molecular weight is 595 g/mol. The summed E-state index contributed by atoms with van der Waals surface area (Å²) in [6.07, 6.45) is -5.59. The summed E-state index contributed by atoms with van der Waals surface area (Å²) in [5, 5.41) is 70.3. The number of fused-ring (bicyclic) bond motifs is 1. The summed E-state index contributed by atoms with van der Waals surface area (Å²) in [6, 6.07) is 13.2. The molecule has 2 heterocycles. The number of aliphatic hydroxyl groups excluding tert-OH is 3. The molecule has 4 aromatic rings. The Morgan fingerprint density at radius 1 is 0.837 bits per heavy atom. The van der Waals surface area contributed by atoms with Crippen LogP contribution in [0.25, 0.3) is 28.4 Å². The second-order valence-corrected chi connectivity index (χ2v) is 9.68. The van der Waals surface area contributed by atoms with Crippen LogP contribution in [0.3, 0.4) is 0 Å². The fourth-order valence-electron chi connectivity index (χ4n) is 4.38. The number of benzene rings is 3. The largest absolute Gasteiger partial charge is 0.508 e. The minimum atomic E-state index is -1.77. The first-order chi connectivity index (χ1) is 20.5. The molecule has 1 aliphatic heterocycles. The van der Waals surface area contributed by atoms with Crippen molar-refractivity contribution in [2.45, 2.75) is 30.7 Å². The van der Waals surface area contributed by atoms with Gasteiger partial charge in [0.1, 0.15) is 65.0 Å². The standard InChI is InChI=1S/C30H26O13/c31-16-5-1-14(2-6-16)3-8-25(36)40-13-24-27(37)28(38)29(39)30(43-24)41-17-10-20(34)26-21(35)12-22(42-23(26)11-17)15-4-7-18(32)19(33)9-15/h1-12,24,27-34,37-39H,13H2/t24-,27-,28-,29-,30-/m0/s1. The predicted molar refractivity (Wildman–Crippen MR) is 148 cm³/mol. The van der Waals surface area contributed by atoms with Crippen LogP contribution in [-0.4, -0.2) is 79.0 Å². The molecule has 5 atom stereocenters. The van der Waals surface area contributed by atoms with E-state index in [1.807, 2.05) is 0 Å². The van der Waals surface area contributed by atoms with E-state index in [2.05, 4.69) is 0 Å². The number of hydrogen-bond donors (Lipinski definition) is 7. The summed E-state index contributed by atoms with van der Waals surface area (Å²) < 4.78 is 22.1. The molecule has 0 aliphatic carbocycles. The highest BCUT2D eigenvalue weighted by Crippen LogP contribution is 2.35. The SMILES string of the molecule is O=C(C=Cc1ccc(O)cc1)OC[C@@H]1O[C@H](Oc2cc(O)c3c(=O)cc(-c4ccc(O)c(O)c4)oc3c2)[C@@H](O)[C@@H](O)[C@H]1O. The Bertz CT molecular complexity index is 1730. The molecule has 0 radical (unpaired) electrons. The lowest BCUT2D eigenvalue weighted by atomic mass is 9.99. The fraction of sp³-hybridized carbons (Fsp3) is 0.200. The maximum Gasteiger partial charge on any atom is 0.330 e. The third kappa shape index (κ3) is 6.39. The summed E-state index contributed by atoms with van der Waals surface area (Å²) in [5.41, 5.74) is 0.0978. The molecule has 43 heavy (non-hydrogen) atoms. The van der Waals surface area contributed by atoms with Crippen LogP contribution in [0.2, 0.25) is 0 Å². The van der Waals surface area contributed by atoms with Crippen molar-refractivity contribution in [3.05, 3.63) is 82.5 Å². The third-order valence-corrected chi connectivity index (χ3v) is 6.66. The lowest BCUT2D eigenvalue weighted by Crippen LogP contribution is -2.60. The summed E-state index contributed by atoms with van der Waals surface area (Å²) in [7, 11) is 0. The van der Waals surface area contributed by atoms with Crippen LogP contribution in [-0.2, 0) is 14.3 Å². The highest BCUT2D eigenvalue weighted by Gasteiger charge is 2.45. The molecular weight excluding hydrogens is 568 g/mol. The van der Waals surface area contributed by atoms with Gasteiger partial charge in [0, 0.05) is 29.8 Å². The van der Waals surface area contributed by atoms with Crippen molar-refractivity contribution < 1.29 is 59.2 Å². The number of aromatic hydroxyl groups is 4. The van der Waals surface area contributed by atoms with Crippen LogP contribution < -0.4 is 10.2 Å². The molecule has 224 valence electrons. The number of hydrogen-bond acceptors (Lipinski definition) is 13. The fourth-order valence-corrected chi connectivity index (χ4v) is 4.38. The molecule has 1 saturated heterocycles. The first kappa shape index (κ1) is 29.4. The van der Waals surface area contributed by atoms with Gasteiger partial charge in [-0.1, -0.05) is 12.1 Å². The normalized spacial score (nSPS) is 22.1. The van der Waals surface area contributed by atoms with E-state index in [9.17, 15) is 45.3 Å². The second kappa shape index (κ2) is 12.0. The lowest BCUT2D eigenvalue weighted by Gasteiger charge is -2.39. The Morgan fingerprint density at radius 3 is 2.30 bits per heavy atom. The minimum absolute atomic E-state index is 0.00168. The maximum atomic E-state index is 12.7. The van der Waals surface area contributed by atoms with E-state index in [0.717, 1.165) is 18.2 Å². The van der Waals surface area contributed by atoms with E-state index < -0.39 is 60.2 Å². The van der Waals surface area contributed by atoms with Gasteiger partial charge >= 0.3 is 5.97 Å². The van der Waals surface area contributed by atoms with Gasteiger partial charge in [0.2, 0.25) is 6.29 Å². The van der Waals surface area contributed by atoms with E-state index in [-0.39, 0.29) is 39.5 Å². The molecule has 3 aromatic carbocycles. The van der Waals surface area contributed by atoms with Gasteiger partial charge in [0.05, 0.1) is 0 Å². The van der Waals surface area contributed by atoms with Crippen molar-refractivity contribution in [1.29, 1.82) is 0 Å². The Hall–Kier alpha value is -5.08. The quantitative estimate of drug-likeness (QED) is 0.0923. The number of carbonyl (C=O) groups is 1. The van der Waals surface area contributed by atoms with Crippen molar-refractivity contribution in [2.75, 3.05) is 6.61 Å². The summed E-state index contributed by atoms with van der Waals surface area (Å²) in [4.78, 5) is 24.9. The third-order valence-electron chi connectivity index (χ3n) is 6.66. The molecule has 1 fully saturated rings. The number of ether oxygens (including phenoxy) is 3. The number of phenols is 4. The van der Waals surface area contributed by atoms with Crippen LogP contribution in [0.15, 0.2) is 76.0 Å². The molecule has 13 nitrogen and oxygen atoms in total. The highest BCUT2D eigenvalue weighted by molar-refractivity contribution is 5.87. The molecule has 0 unspecified atom stereocenters. The van der Waals surface area contributed by atoms with Crippen molar-refractivity contribution >= 4 is 23.0 Å². The Balaban J connectivity index is 1.32.